The van der Waals surface area contributed by atoms with Crippen LogP contribution in [0.5, 0.6) is 0 Å². The zero-order valence-corrected chi connectivity index (χ0v) is 8.62. The molecule has 0 radical (unpaired) electrons. The highest BCUT2D eigenvalue weighted by Crippen LogP contribution is 2.00. The second kappa shape index (κ2) is 5.54. The Balaban J connectivity index is 2.55. The van der Waals surface area contributed by atoms with Gasteiger partial charge in [0.15, 0.2) is 0 Å². The van der Waals surface area contributed by atoms with Crippen LogP contribution in [0.2, 0.25) is 0 Å². The standard InChI is InChI=1S/C9H11ClN2O2/c1-2-14-9(13)3-7-5-11-8(4-10)12-6-7/h5-6H,2-4H2,1H3. The van der Waals surface area contributed by atoms with E-state index in [-0.39, 0.29) is 18.3 Å². The highest BCUT2D eigenvalue weighted by atomic mass is 35.5. The van der Waals surface area contributed by atoms with Gasteiger partial charge < -0.3 is 4.74 Å². The van der Waals surface area contributed by atoms with Crippen LogP contribution < -0.4 is 0 Å². The van der Waals surface area contributed by atoms with Crippen LogP contribution in [0.25, 0.3) is 0 Å². The number of hydrogen-bond donors (Lipinski definition) is 0. The van der Waals surface area contributed by atoms with Gasteiger partial charge in [-0.3, -0.25) is 4.79 Å². The lowest BCUT2D eigenvalue weighted by Gasteiger charge is -2.01. The lowest BCUT2D eigenvalue weighted by atomic mass is 10.2. The lowest BCUT2D eigenvalue weighted by Crippen LogP contribution is -2.08. The van der Waals surface area contributed by atoms with E-state index in [1.807, 2.05) is 0 Å². The van der Waals surface area contributed by atoms with Crippen molar-refractivity contribution in [2.45, 2.75) is 19.2 Å². The van der Waals surface area contributed by atoms with Crippen molar-refractivity contribution in [1.82, 2.24) is 9.97 Å². The van der Waals surface area contributed by atoms with Gasteiger partial charge in [-0.05, 0) is 12.5 Å². The summed E-state index contributed by atoms with van der Waals surface area (Å²) < 4.78 is 4.78. The van der Waals surface area contributed by atoms with Crippen molar-refractivity contribution in [3.8, 4) is 0 Å². The number of ether oxygens (including phenoxy) is 1. The number of aromatic nitrogens is 2. The number of halogens is 1. The fraction of sp³-hybridized carbons (Fsp3) is 0.444. The van der Waals surface area contributed by atoms with Gasteiger partial charge in [0, 0.05) is 12.4 Å². The van der Waals surface area contributed by atoms with E-state index < -0.39 is 0 Å². The monoisotopic (exact) mass is 214 g/mol. The van der Waals surface area contributed by atoms with Crippen molar-refractivity contribution in [2.75, 3.05) is 6.61 Å². The van der Waals surface area contributed by atoms with E-state index in [0.717, 1.165) is 5.56 Å². The van der Waals surface area contributed by atoms with Crippen LogP contribution in [0.3, 0.4) is 0 Å². The molecule has 0 aromatic carbocycles. The molecule has 5 heteroatoms. The van der Waals surface area contributed by atoms with Crippen molar-refractivity contribution in [2.24, 2.45) is 0 Å². The normalized spacial score (nSPS) is 9.86. The van der Waals surface area contributed by atoms with Crippen LogP contribution in [-0.2, 0) is 21.8 Å². The summed E-state index contributed by atoms with van der Waals surface area (Å²) >= 11 is 5.52. The summed E-state index contributed by atoms with van der Waals surface area (Å²) in [6.07, 6.45) is 3.37. The van der Waals surface area contributed by atoms with Gasteiger partial charge in [-0.25, -0.2) is 9.97 Å². The Morgan fingerprint density at radius 2 is 2.14 bits per heavy atom. The Morgan fingerprint density at radius 3 is 2.64 bits per heavy atom. The van der Waals surface area contributed by atoms with Crippen molar-refractivity contribution >= 4 is 17.6 Å². The number of nitrogens with zero attached hydrogens (tertiary/aromatic N) is 2. The topological polar surface area (TPSA) is 52.1 Å². The summed E-state index contributed by atoms with van der Waals surface area (Å²) in [6.45, 7) is 2.16. The second-order valence-electron chi connectivity index (χ2n) is 2.62. The van der Waals surface area contributed by atoms with E-state index in [1.54, 1.807) is 19.3 Å². The molecule has 1 aromatic rings. The fourth-order valence-corrected chi connectivity index (χ4v) is 1.06. The van der Waals surface area contributed by atoms with E-state index in [0.29, 0.717) is 12.4 Å². The molecule has 14 heavy (non-hydrogen) atoms. The molecule has 0 aliphatic heterocycles. The van der Waals surface area contributed by atoms with Crippen LogP contribution in [0.4, 0.5) is 0 Å². The molecule has 0 amide bonds. The van der Waals surface area contributed by atoms with Crippen LogP contribution in [-0.4, -0.2) is 22.5 Å². The van der Waals surface area contributed by atoms with E-state index in [1.165, 1.54) is 0 Å². The molecule has 0 saturated carbocycles. The first kappa shape index (κ1) is 10.9. The van der Waals surface area contributed by atoms with E-state index in [9.17, 15) is 4.79 Å². The van der Waals surface area contributed by atoms with E-state index in [2.05, 4.69) is 9.97 Å². The van der Waals surface area contributed by atoms with Gasteiger partial charge in [-0.2, -0.15) is 0 Å². The van der Waals surface area contributed by atoms with Gasteiger partial charge in [0.05, 0.1) is 18.9 Å². The zero-order valence-electron chi connectivity index (χ0n) is 7.86. The lowest BCUT2D eigenvalue weighted by molar-refractivity contribution is -0.142. The zero-order chi connectivity index (χ0) is 10.4. The summed E-state index contributed by atoms with van der Waals surface area (Å²) in [6, 6.07) is 0. The summed E-state index contributed by atoms with van der Waals surface area (Å²) in [7, 11) is 0. The minimum atomic E-state index is -0.269. The Morgan fingerprint density at radius 1 is 1.50 bits per heavy atom. The van der Waals surface area contributed by atoms with Crippen LogP contribution in [0.15, 0.2) is 12.4 Å². The van der Waals surface area contributed by atoms with Gasteiger partial charge in [-0.15, -0.1) is 11.6 Å². The smallest absolute Gasteiger partial charge is 0.310 e. The minimum Gasteiger partial charge on any atom is -0.466 e. The molecule has 76 valence electrons. The average molecular weight is 215 g/mol. The van der Waals surface area contributed by atoms with Gasteiger partial charge in [-0.1, -0.05) is 0 Å². The first-order valence-corrected chi connectivity index (χ1v) is 4.81. The number of carbonyl (C=O) groups excluding carboxylic acids is 1. The van der Waals surface area contributed by atoms with E-state index >= 15 is 0 Å². The Hall–Kier alpha value is -1.16. The summed E-state index contributed by atoms with van der Waals surface area (Å²) in [5.74, 6) is 0.564. The molecule has 0 aliphatic carbocycles. The fourth-order valence-electron chi connectivity index (χ4n) is 0.920. The molecule has 0 unspecified atom stereocenters. The average Bonchev–Trinajstić information content (AvgIpc) is 2.19. The van der Waals surface area contributed by atoms with Gasteiger partial charge >= 0.3 is 5.97 Å². The van der Waals surface area contributed by atoms with Crippen LogP contribution in [0, 0.1) is 0 Å². The predicted octanol–water partition coefficient (Wildman–Crippen LogP) is 1.32. The van der Waals surface area contributed by atoms with Crippen LogP contribution in [0.1, 0.15) is 18.3 Å². The number of hydrogen-bond acceptors (Lipinski definition) is 4. The first-order chi connectivity index (χ1) is 6.76. The molecule has 0 aliphatic rings. The number of esters is 1. The minimum absolute atomic E-state index is 0.205. The van der Waals surface area contributed by atoms with E-state index in [4.69, 9.17) is 16.3 Å². The first-order valence-electron chi connectivity index (χ1n) is 4.27. The third-order valence-corrected chi connectivity index (χ3v) is 1.77. The third kappa shape index (κ3) is 3.30. The van der Waals surface area contributed by atoms with Gasteiger partial charge in [0.1, 0.15) is 5.82 Å². The molecule has 1 rings (SSSR count). The molecule has 1 aromatic heterocycles. The molecule has 0 N–H and O–H groups in total. The molecule has 0 saturated heterocycles. The number of carbonyl (C=O) groups is 1. The molecule has 0 fully saturated rings. The maximum atomic E-state index is 11.1. The molecule has 4 nitrogen and oxygen atoms in total. The summed E-state index contributed by atoms with van der Waals surface area (Å²) in [5.41, 5.74) is 0.734. The summed E-state index contributed by atoms with van der Waals surface area (Å²) in [4.78, 5) is 19.0. The van der Waals surface area contributed by atoms with Crippen molar-refractivity contribution < 1.29 is 9.53 Å². The third-order valence-electron chi connectivity index (χ3n) is 1.53. The van der Waals surface area contributed by atoms with Crippen LogP contribution >= 0.6 is 11.6 Å². The number of alkyl halides is 1. The van der Waals surface area contributed by atoms with Crippen molar-refractivity contribution in [3.63, 3.8) is 0 Å². The highest BCUT2D eigenvalue weighted by molar-refractivity contribution is 6.16. The molecule has 0 bridgehead atoms. The van der Waals surface area contributed by atoms with Gasteiger partial charge in [0.25, 0.3) is 0 Å². The molecule has 0 atom stereocenters. The van der Waals surface area contributed by atoms with Gasteiger partial charge in [0.2, 0.25) is 0 Å². The molecule has 1 heterocycles. The molecular weight excluding hydrogens is 204 g/mol. The SMILES string of the molecule is CCOC(=O)Cc1cnc(CCl)nc1. The van der Waals surface area contributed by atoms with Crippen molar-refractivity contribution in [1.29, 1.82) is 0 Å². The maximum Gasteiger partial charge on any atom is 0.310 e. The Labute approximate surface area is 87.3 Å². The largest absolute Gasteiger partial charge is 0.466 e. The number of rotatable bonds is 4. The summed E-state index contributed by atoms with van der Waals surface area (Å²) in [5, 5.41) is 0. The maximum absolute atomic E-state index is 11.1. The second-order valence-corrected chi connectivity index (χ2v) is 2.89. The highest BCUT2D eigenvalue weighted by Gasteiger charge is 2.04. The predicted molar refractivity (Wildman–Crippen MR) is 51.9 cm³/mol. The Bertz CT molecular complexity index is 300. The quantitative estimate of drug-likeness (QED) is 0.560. The van der Waals surface area contributed by atoms with Crippen molar-refractivity contribution in [3.05, 3.63) is 23.8 Å². The molecule has 0 spiro atoms. The Kier molecular flexibility index (Phi) is 4.32. The molecular formula is C9H11ClN2O2.